The van der Waals surface area contributed by atoms with E-state index >= 15 is 0 Å². The SMILES string of the molecule is c1ccc2ccc(ccccc3ccc(ccc4ccc(ccccc5ccc(c1)o5)o4)o3)o2. The van der Waals surface area contributed by atoms with E-state index in [9.17, 15) is 0 Å². The normalized spacial score (nSPS) is 10.4. The van der Waals surface area contributed by atoms with E-state index in [0.29, 0.717) is 0 Å². The maximum atomic E-state index is 5.81. The van der Waals surface area contributed by atoms with E-state index < -0.39 is 0 Å². The molecule has 0 saturated carbocycles. The second kappa shape index (κ2) is 10.3. The molecule has 0 N–H and O–H groups in total. The minimum absolute atomic E-state index is 0.746. The molecular formula is C30H22O4. The molecule has 0 saturated heterocycles. The lowest BCUT2D eigenvalue weighted by Crippen LogP contribution is -1.52. The van der Waals surface area contributed by atoms with E-state index in [4.69, 9.17) is 17.7 Å². The zero-order valence-electron chi connectivity index (χ0n) is 18.3. The third-order valence-corrected chi connectivity index (χ3v) is 4.90. The molecular weight excluding hydrogens is 424 g/mol. The Hall–Kier alpha value is -4.70. The fraction of sp³-hybridized carbons (Fsp3) is 0. The van der Waals surface area contributed by atoms with Crippen LogP contribution in [-0.4, -0.2) is 0 Å². The Bertz CT molecular complexity index is 1550. The van der Waals surface area contributed by atoms with Gasteiger partial charge in [0.2, 0.25) is 0 Å². The van der Waals surface area contributed by atoms with Gasteiger partial charge in [-0.25, -0.2) is 0 Å². The predicted molar refractivity (Wildman–Crippen MR) is 136 cm³/mol. The van der Waals surface area contributed by atoms with Crippen molar-refractivity contribution in [3.8, 4) is 0 Å². The highest BCUT2D eigenvalue weighted by Gasteiger charge is 1.90. The summed E-state index contributed by atoms with van der Waals surface area (Å²) in [6.07, 6.45) is 0. The molecule has 4 heteroatoms. The molecule has 0 aliphatic carbocycles. The van der Waals surface area contributed by atoms with Gasteiger partial charge in [0.15, 0.2) is 0 Å². The van der Waals surface area contributed by atoms with Crippen molar-refractivity contribution >= 4 is 44.7 Å². The first-order chi connectivity index (χ1) is 16.8. The van der Waals surface area contributed by atoms with Crippen LogP contribution in [0.2, 0.25) is 0 Å². The first-order valence-electron chi connectivity index (χ1n) is 10.9. The molecule has 0 atom stereocenters. The summed E-state index contributed by atoms with van der Waals surface area (Å²) in [5.41, 5.74) is 6.11. The van der Waals surface area contributed by atoms with E-state index in [-0.39, 0.29) is 0 Å². The Morgan fingerprint density at radius 3 is 0.529 bits per heavy atom. The Morgan fingerprint density at radius 1 is 0.206 bits per heavy atom. The van der Waals surface area contributed by atoms with Gasteiger partial charge in [0.25, 0.3) is 0 Å². The number of hydrogen-bond acceptors (Lipinski definition) is 4. The number of hydrogen-bond donors (Lipinski definition) is 0. The summed E-state index contributed by atoms with van der Waals surface area (Å²) in [6, 6.07) is 42.0. The average Bonchev–Trinajstić information content (AvgIpc) is 3.64. The summed E-state index contributed by atoms with van der Waals surface area (Å²) in [7, 11) is 0. The van der Waals surface area contributed by atoms with Gasteiger partial charge in [-0.1, -0.05) is 36.4 Å². The summed E-state index contributed by atoms with van der Waals surface area (Å²) >= 11 is 0. The second-order valence-electron chi connectivity index (χ2n) is 7.45. The van der Waals surface area contributed by atoms with Gasteiger partial charge >= 0.3 is 0 Å². The van der Waals surface area contributed by atoms with E-state index in [1.54, 1.807) is 0 Å². The quantitative estimate of drug-likeness (QED) is 0.238. The third-order valence-electron chi connectivity index (χ3n) is 4.90. The van der Waals surface area contributed by atoms with Crippen LogP contribution in [0.25, 0.3) is 44.7 Å². The summed E-state index contributed by atoms with van der Waals surface area (Å²) in [4.78, 5) is 0. The molecule has 0 aliphatic rings. The molecule has 5 heterocycles. The minimum atomic E-state index is 0.746. The molecule has 166 valence electrons. The van der Waals surface area contributed by atoms with Crippen molar-refractivity contribution in [2.75, 3.05) is 0 Å². The lowest BCUT2D eigenvalue weighted by atomic mass is 10.4. The van der Waals surface area contributed by atoms with E-state index in [0.717, 1.165) is 44.7 Å². The standard InChI is InChI=1S/C30H22O4/c1-2-8-24-14-16-26(32-24)10-4-6-12-28-18-20-30(34-28)22-21-29-19-17-27(33-29)11-5-3-9-25-15-13-23(7-1)31-25/h1-22H. The molecule has 5 rings (SSSR count). The molecule has 5 aromatic heterocycles. The second-order valence-corrected chi connectivity index (χ2v) is 7.45. The zero-order chi connectivity index (χ0) is 23.0. The molecule has 8 bridgehead atoms. The molecule has 5 aromatic rings. The zero-order valence-corrected chi connectivity index (χ0v) is 18.3. The molecule has 0 fully saturated rings. The number of fused-ring (bicyclic) bond motifs is 8. The summed E-state index contributed by atoms with van der Waals surface area (Å²) < 4.78 is 23.2. The number of furan rings is 4. The summed E-state index contributed by atoms with van der Waals surface area (Å²) in [5.74, 6) is 0. The Labute approximate surface area is 196 Å². The monoisotopic (exact) mass is 446 g/mol. The topological polar surface area (TPSA) is 52.6 Å². The van der Waals surface area contributed by atoms with Gasteiger partial charge in [-0.05, 0) is 97.1 Å². The van der Waals surface area contributed by atoms with Crippen LogP contribution in [0, 0.1) is 0 Å². The van der Waals surface area contributed by atoms with Crippen LogP contribution in [0.4, 0.5) is 0 Å². The van der Waals surface area contributed by atoms with Gasteiger partial charge in [-0.2, -0.15) is 0 Å². The van der Waals surface area contributed by atoms with Crippen LogP contribution >= 0.6 is 0 Å². The smallest absolute Gasteiger partial charge is 0.127 e. The predicted octanol–water partition coefficient (Wildman–Crippen LogP) is 9.17. The molecule has 0 aromatic carbocycles. The van der Waals surface area contributed by atoms with Gasteiger partial charge in [-0.3, -0.25) is 0 Å². The highest BCUT2D eigenvalue weighted by molar-refractivity contribution is 5.57. The molecule has 0 radical (unpaired) electrons. The molecule has 34 heavy (non-hydrogen) atoms. The molecule has 0 spiro atoms. The minimum Gasteiger partial charge on any atom is -0.457 e. The highest BCUT2D eigenvalue weighted by Crippen LogP contribution is 2.13. The van der Waals surface area contributed by atoms with Gasteiger partial charge in [0, 0.05) is 0 Å². The van der Waals surface area contributed by atoms with Crippen molar-refractivity contribution in [1.29, 1.82) is 0 Å². The van der Waals surface area contributed by atoms with Gasteiger partial charge in [0.05, 0.1) is 0 Å². The van der Waals surface area contributed by atoms with Gasteiger partial charge in [0.1, 0.15) is 44.7 Å². The molecule has 4 nitrogen and oxygen atoms in total. The van der Waals surface area contributed by atoms with Crippen molar-refractivity contribution < 1.29 is 17.7 Å². The molecule has 0 amide bonds. The maximum Gasteiger partial charge on any atom is 0.127 e. The first-order valence-corrected chi connectivity index (χ1v) is 10.9. The van der Waals surface area contributed by atoms with Crippen molar-refractivity contribution in [2.45, 2.75) is 0 Å². The Balaban J connectivity index is 1.58. The highest BCUT2D eigenvalue weighted by atomic mass is 16.3. The van der Waals surface area contributed by atoms with Crippen LogP contribution in [0.5, 0.6) is 0 Å². The third kappa shape index (κ3) is 5.75. The molecule has 0 unspecified atom stereocenters. The van der Waals surface area contributed by atoms with E-state index in [2.05, 4.69) is 0 Å². The van der Waals surface area contributed by atoms with Crippen LogP contribution in [0.3, 0.4) is 0 Å². The van der Waals surface area contributed by atoms with Crippen molar-refractivity contribution in [3.63, 3.8) is 0 Å². The van der Waals surface area contributed by atoms with Gasteiger partial charge < -0.3 is 17.7 Å². The van der Waals surface area contributed by atoms with Crippen molar-refractivity contribution in [3.05, 3.63) is 133 Å². The lowest BCUT2D eigenvalue weighted by Gasteiger charge is -1.79. The van der Waals surface area contributed by atoms with Crippen molar-refractivity contribution in [1.82, 2.24) is 0 Å². The fourth-order valence-corrected chi connectivity index (χ4v) is 3.26. The van der Waals surface area contributed by atoms with E-state index in [1.165, 1.54) is 0 Å². The fourth-order valence-electron chi connectivity index (χ4n) is 3.26. The summed E-state index contributed by atoms with van der Waals surface area (Å²) in [6.45, 7) is 0. The number of rotatable bonds is 0. The van der Waals surface area contributed by atoms with Crippen LogP contribution in [0.1, 0.15) is 0 Å². The lowest BCUT2D eigenvalue weighted by molar-refractivity contribution is 0.661. The van der Waals surface area contributed by atoms with Crippen LogP contribution in [0.15, 0.2) is 151 Å². The Kier molecular flexibility index (Phi) is 6.40. The first kappa shape index (κ1) is 21.2. The Morgan fingerprint density at radius 2 is 0.353 bits per heavy atom. The average molecular weight is 447 g/mol. The maximum absolute atomic E-state index is 5.81. The largest absolute Gasteiger partial charge is 0.457 e. The van der Waals surface area contributed by atoms with Crippen LogP contribution in [-0.2, 0) is 0 Å². The van der Waals surface area contributed by atoms with E-state index in [1.807, 2.05) is 133 Å². The van der Waals surface area contributed by atoms with Crippen LogP contribution < -0.4 is 0 Å². The molecule has 0 aliphatic heterocycles. The van der Waals surface area contributed by atoms with Gasteiger partial charge in [-0.15, -0.1) is 0 Å². The van der Waals surface area contributed by atoms with Crippen molar-refractivity contribution in [2.24, 2.45) is 0 Å². The summed E-state index contributed by atoms with van der Waals surface area (Å²) in [5, 5.41) is 0.